The molecule has 0 unspecified atom stereocenters. The summed E-state index contributed by atoms with van der Waals surface area (Å²) in [6.45, 7) is 7.86. The van der Waals surface area contributed by atoms with Crippen molar-refractivity contribution in [1.82, 2.24) is 0 Å². The van der Waals surface area contributed by atoms with Gasteiger partial charge < -0.3 is 0 Å². The molecular weight excluding hydrogens is 216 g/mol. The topological polar surface area (TPSA) is 0 Å². The predicted molar refractivity (Wildman–Crippen MR) is 78.4 cm³/mol. The molecule has 0 aromatic heterocycles. The van der Waals surface area contributed by atoms with E-state index in [1.54, 1.807) is 6.42 Å². The lowest BCUT2D eigenvalue weighted by Gasteiger charge is -2.63. The van der Waals surface area contributed by atoms with Crippen molar-refractivity contribution >= 4 is 0 Å². The van der Waals surface area contributed by atoms with Crippen LogP contribution in [0.4, 0.5) is 0 Å². The van der Waals surface area contributed by atoms with Gasteiger partial charge in [0.2, 0.25) is 0 Å². The first-order valence-electron chi connectivity index (χ1n) is 7.91. The van der Waals surface area contributed by atoms with Crippen molar-refractivity contribution in [2.24, 2.45) is 22.7 Å². The Kier molecular flexibility index (Phi) is 3.16. The van der Waals surface area contributed by atoms with Gasteiger partial charge in [-0.25, -0.2) is 0 Å². The highest BCUT2D eigenvalue weighted by atomic mass is 14.6. The van der Waals surface area contributed by atoms with Crippen LogP contribution in [0, 0.1) is 22.7 Å². The molecule has 4 fully saturated rings. The molecule has 18 heavy (non-hydrogen) atoms. The molecule has 0 nitrogen and oxygen atoms in total. The summed E-state index contributed by atoms with van der Waals surface area (Å²) in [4.78, 5) is 0. The van der Waals surface area contributed by atoms with Crippen molar-refractivity contribution in [3.63, 3.8) is 0 Å². The zero-order valence-corrected chi connectivity index (χ0v) is 11.8. The molecular formula is C18H28. The summed E-state index contributed by atoms with van der Waals surface area (Å²) >= 11 is 0. The average molecular weight is 244 g/mol. The van der Waals surface area contributed by atoms with Crippen LogP contribution < -0.4 is 0 Å². The van der Waals surface area contributed by atoms with Crippen molar-refractivity contribution in [3.05, 3.63) is 25.3 Å². The Morgan fingerprint density at radius 2 is 1.28 bits per heavy atom. The normalized spacial score (nSPS) is 45.1. The first-order valence-corrected chi connectivity index (χ1v) is 7.91. The van der Waals surface area contributed by atoms with Crippen molar-refractivity contribution in [2.75, 3.05) is 0 Å². The lowest BCUT2D eigenvalue weighted by Crippen LogP contribution is -2.51. The Bertz CT molecular complexity index is 294. The van der Waals surface area contributed by atoms with Gasteiger partial charge in [-0.05, 0) is 86.9 Å². The van der Waals surface area contributed by atoms with E-state index >= 15 is 0 Å². The van der Waals surface area contributed by atoms with Crippen LogP contribution in [0.1, 0.15) is 64.2 Å². The maximum atomic E-state index is 3.93. The molecule has 0 aromatic rings. The van der Waals surface area contributed by atoms with Crippen LogP contribution >= 0.6 is 0 Å². The van der Waals surface area contributed by atoms with Gasteiger partial charge >= 0.3 is 0 Å². The maximum Gasteiger partial charge on any atom is -0.0284 e. The molecule has 4 bridgehead atoms. The molecule has 0 aliphatic heterocycles. The molecule has 100 valence electrons. The van der Waals surface area contributed by atoms with Gasteiger partial charge in [0.1, 0.15) is 0 Å². The lowest BCUT2D eigenvalue weighted by molar-refractivity contribution is -0.116. The molecule has 0 spiro atoms. The Hall–Kier alpha value is -0.520. The van der Waals surface area contributed by atoms with Crippen LogP contribution in [-0.4, -0.2) is 0 Å². The molecule has 4 saturated carbocycles. The zero-order valence-electron chi connectivity index (χ0n) is 11.8. The standard InChI is InChI=1S/C18H28/c1-3-5-7-17-10-15-9-16(11-17)13-18(12-15,14-17)8-6-4-2/h3-4,15-16H,1-2,5-14H2. The molecule has 0 N–H and O–H groups in total. The van der Waals surface area contributed by atoms with Gasteiger partial charge in [-0.2, -0.15) is 0 Å². The van der Waals surface area contributed by atoms with Crippen LogP contribution in [0.3, 0.4) is 0 Å². The minimum Gasteiger partial charge on any atom is -0.103 e. The molecule has 0 radical (unpaired) electrons. The van der Waals surface area contributed by atoms with Gasteiger partial charge in [0, 0.05) is 0 Å². The summed E-state index contributed by atoms with van der Waals surface area (Å²) in [6, 6.07) is 0. The molecule has 0 atom stereocenters. The van der Waals surface area contributed by atoms with E-state index in [1.807, 2.05) is 0 Å². The second-order valence-corrected chi connectivity index (χ2v) is 7.62. The second-order valence-electron chi connectivity index (χ2n) is 7.62. The highest BCUT2D eigenvalue weighted by Crippen LogP contribution is 2.67. The molecule has 0 saturated heterocycles. The minimum atomic E-state index is 0.708. The quantitative estimate of drug-likeness (QED) is 0.541. The Labute approximate surface area is 113 Å². The largest absolute Gasteiger partial charge is 0.103 e. The maximum absolute atomic E-state index is 3.93. The van der Waals surface area contributed by atoms with Crippen molar-refractivity contribution in [2.45, 2.75) is 64.2 Å². The smallest absolute Gasteiger partial charge is 0.0284 e. The number of rotatable bonds is 6. The summed E-state index contributed by atoms with van der Waals surface area (Å²) in [5.74, 6) is 2.11. The fraction of sp³-hybridized carbons (Fsp3) is 0.778. The SMILES string of the molecule is C=CCCC12CC3CC(C1)CC(CCC=C)(C3)C2. The minimum absolute atomic E-state index is 0.708. The summed E-state index contributed by atoms with van der Waals surface area (Å²) in [7, 11) is 0. The molecule has 0 heterocycles. The molecule has 4 rings (SSSR count). The molecule has 0 heteroatoms. The third kappa shape index (κ3) is 2.08. The number of allylic oxidation sites excluding steroid dienone is 2. The molecule has 4 aliphatic carbocycles. The monoisotopic (exact) mass is 244 g/mol. The van der Waals surface area contributed by atoms with E-state index in [0.717, 1.165) is 11.8 Å². The number of hydrogen-bond acceptors (Lipinski definition) is 0. The van der Waals surface area contributed by atoms with Crippen LogP contribution in [0.5, 0.6) is 0 Å². The van der Waals surface area contributed by atoms with Crippen molar-refractivity contribution in [3.8, 4) is 0 Å². The highest BCUT2D eigenvalue weighted by Gasteiger charge is 2.56. The average Bonchev–Trinajstić information content (AvgIpc) is 2.32. The van der Waals surface area contributed by atoms with E-state index in [4.69, 9.17) is 0 Å². The summed E-state index contributed by atoms with van der Waals surface area (Å²) < 4.78 is 0. The molecule has 0 amide bonds. The first-order chi connectivity index (χ1) is 8.69. The van der Waals surface area contributed by atoms with Crippen LogP contribution in [-0.2, 0) is 0 Å². The van der Waals surface area contributed by atoms with Crippen LogP contribution in [0.2, 0.25) is 0 Å². The van der Waals surface area contributed by atoms with Crippen LogP contribution in [0.25, 0.3) is 0 Å². The third-order valence-electron chi connectivity index (χ3n) is 6.06. The van der Waals surface area contributed by atoms with Gasteiger partial charge in [0.05, 0.1) is 0 Å². The third-order valence-corrected chi connectivity index (χ3v) is 6.06. The van der Waals surface area contributed by atoms with Gasteiger partial charge in [0.25, 0.3) is 0 Å². The van der Waals surface area contributed by atoms with E-state index < -0.39 is 0 Å². The van der Waals surface area contributed by atoms with E-state index in [2.05, 4.69) is 25.3 Å². The van der Waals surface area contributed by atoms with E-state index in [-0.39, 0.29) is 0 Å². The number of hydrogen-bond donors (Lipinski definition) is 0. The highest BCUT2D eigenvalue weighted by molar-refractivity contribution is 5.08. The molecule has 0 aromatic carbocycles. The van der Waals surface area contributed by atoms with E-state index in [9.17, 15) is 0 Å². The lowest BCUT2D eigenvalue weighted by atomic mass is 9.42. The van der Waals surface area contributed by atoms with Crippen molar-refractivity contribution < 1.29 is 0 Å². The fourth-order valence-corrected chi connectivity index (χ4v) is 6.05. The fourth-order valence-electron chi connectivity index (χ4n) is 6.05. The van der Waals surface area contributed by atoms with E-state index in [1.165, 1.54) is 57.8 Å². The summed E-state index contributed by atoms with van der Waals surface area (Å²) in [5, 5.41) is 0. The summed E-state index contributed by atoms with van der Waals surface area (Å²) in [6.07, 6.45) is 18.8. The summed E-state index contributed by atoms with van der Waals surface area (Å²) in [5.41, 5.74) is 1.42. The van der Waals surface area contributed by atoms with Gasteiger partial charge in [-0.15, -0.1) is 13.2 Å². The molecule has 4 aliphatic rings. The Balaban J connectivity index is 1.78. The van der Waals surface area contributed by atoms with Crippen LogP contribution in [0.15, 0.2) is 25.3 Å². The van der Waals surface area contributed by atoms with Gasteiger partial charge in [-0.1, -0.05) is 12.2 Å². The zero-order chi connectivity index (χ0) is 12.6. The first kappa shape index (κ1) is 12.5. The van der Waals surface area contributed by atoms with E-state index in [0.29, 0.717) is 10.8 Å². The van der Waals surface area contributed by atoms with Gasteiger partial charge in [0.15, 0.2) is 0 Å². The Morgan fingerprint density at radius 3 is 1.67 bits per heavy atom. The van der Waals surface area contributed by atoms with Crippen molar-refractivity contribution in [1.29, 1.82) is 0 Å². The van der Waals surface area contributed by atoms with Gasteiger partial charge in [-0.3, -0.25) is 0 Å². The predicted octanol–water partition coefficient (Wildman–Crippen LogP) is 5.51. The Morgan fingerprint density at radius 1 is 0.833 bits per heavy atom. The second kappa shape index (κ2) is 4.54.